The summed E-state index contributed by atoms with van der Waals surface area (Å²) in [5.41, 5.74) is 2.95. The summed E-state index contributed by atoms with van der Waals surface area (Å²) in [5, 5.41) is 17.4. The second-order valence-electron chi connectivity index (χ2n) is 14.7. The van der Waals surface area contributed by atoms with E-state index >= 15 is 0 Å². The predicted octanol–water partition coefficient (Wildman–Crippen LogP) is 8.46. The first-order valence-corrected chi connectivity index (χ1v) is 20.1. The van der Waals surface area contributed by atoms with Crippen LogP contribution in [0.4, 0.5) is 23.1 Å². The van der Waals surface area contributed by atoms with E-state index in [1.54, 1.807) is 42.9 Å². The highest BCUT2D eigenvalue weighted by Gasteiger charge is 2.40. The molecule has 0 saturated carbocycles. The van der Waals surface area contributed by atoms with E-state index in [9.17, 15) is 9.59 Å². The number of nitrogens with zero attached hydrogens (tertiary/aromatic N) is 7. The molecule has 300 valence electrons. The number of aromatic nitrogens is 6. The van der Waals surface area contributed by atoms with Gasteiger partial charge < -0.3 is 39.0 Å². The Bertz CT molecular complexity index is 2240. The first-order chi connectivity index (χ1) is 27.9. The molecule has 6 rings (SSSR count). The third-order valence-corrected chi connectivity index (χ3v) is 11.8. The van der Waals surface area contributed by atoms with Gasteiger partial charge in [-0.1, -0.05) is 59.7 Å². The molecule has 3 aromatic heterocycles. The summed E-state index contributed by atoms with van der Waals surface area (Å²) in [4.78, 5) is 43.0. The molecule has 4 atom stereocenters. The lowest BCUT2D eigenvalue weighted by Gasteiger charge is -2.33. The van der Waals surface area contributed by atoms with Crippen molar-refractivity contribution in [3.63, 3.8) is 0 Å². The second-order valence-corrected chi connectivity index (χ2v) is 16.3. The van der Waals surface area contributed by atoms with Crippen LogP contribution in [0.25, 0.3) is 38.9 Å². The van der Waals surface area contributed by atoms with E-state index in [0.717, 1.165) is 5.56 Å². The largest absolute Gasteiger partial charge is 0.416 e. The van der Waals surface area contributed by atoms with E-state index in [4.69, 9.17) is 31.1 Å². The summed E-state index contributed by atoms with van der Waals surface area (Å²) in [6.45, 7) is 21.2. The van der Waals surface area contributed by atoms with E-state index in [-0.39, 0.29) is 72.9 Å². The van der Waals surface area contributed by atoms with Crippen molar-refractivity contribution in [2.75, 3.05) is 29.1 Å². The zero-order valence-electron chi connectivity index (χ0n) is 34.1. The Morgan fingerprint density at radius 2 is 1.75 bits per heavy atom. The van der Waals surface area contributed by atoms with Crippen LogP contribution in [-0.2, 0) is 23.4 Å². The van der Waals surface area contributed by atoms with Gasteiger partial charge in [-0.2, -0.15) is 9.97 Å². The SMILES string of the molecule is [2H]C[C@H]1O[C@@H](n2cnc3c(NC(=O)C(C)C)nc(Nc4cc(-c5nnc(-c6ccccc6)o5)ccc4NC(C)=O)nc32)CC1OP(OCC[N+]#[C-])C(C(C)C)C(C)C. The fourth-order valence-corrected chi connectivity index (χ4v) is 8.60. The molecule has 17 heteroatoms. The molecule has 1 aliphatic heterocycles. The molecule has 2 amide bonds. The molecule has 16 nitrogen and oxygen atoms in total. The summed E-state index contributed by atoms with van der Waals surface area (Å²) in [5.74, 6) is 0.448. The lowest BCUT2D eigenvalue weighted by molar-refractivity contribution is -0.119. The Hall–Kier alpha value is -5.33. The van der Waals surface area contributed by atoms with Crippen LogP contribution >= 0.6 is 8.38 Å². The summed E-state index contributed by atoms with van der Waals surface area (Å²) in [6.07, 6.45) is 0.256. The Morgan fingerprint density at radius 1 is 1.02 bits per heavy atom. The zero-order chi connectivity index (χ0) is 41.5. The first-order valence-electron chi connectivity index (χ1n) is 19.6. The van der Waals surface area contributed by atoms with E-state index in [1.165, 1.54) is 6.92 Å². The topological polar surface area (TPSA) is 185 Å². The molecule has 2 aromatic carbocycles. The minimum atomic E-state index is -1.42. The number of ether oxygens (including phenoxy) is 1. The molecule has 57 heavy (non-hydrogen) atoms. The Morgan fingerprint density at radius 3 is 2.42 bits per heavy atom. The smallest absolute Gasteiger partial charge is 0.248 e. The van der Waals surface area contributed by atoms with Crippen molar-refractivity contribution >= 4 is 54.5 Å². The molecule has 5 aromatic rings. The molecule has 0 bridgehead atoms. The maximum Gasteiger partial charge on any atom is 0.248 e. The molecular formula is C40H49N10O6P. The normalized spacial score (nSPS) is 17.6. The number of amides is 2. The third kappa shape index (κ3) is 9.80. The van der Waals surface area contributed by atoms with E-state index in [1.807, 2.05) is 30.3 Å². The van der Waals surface area contributed by atoms with E-state index in [2.05, 4.69) is 68.7 Å². The molecule has 2 unspecified atom stereocenters. The van der Waals surface area contributed by atoms with Crippen LogP contribution in [0.15, 0.2) is 59.3 Å². The van der Waals surface area contributed by atoms with E-state index < -0.39 is 26.8 Å². The van der Waals surface area contributed by atoms with Crippen molar-refractivity contribution in [3.05, 3.63) is 66.3 Å². The number of hydrogen-bond acceptors (Lipinski definition) is 12. The fourth-order valence-electron chi connectivity index (χ4n) is 6.51. The lowest BCUT2D eigenvalue weighted by Crippen LogP contribution is -2.27. The number of hydrogen-bond donors (Lipinski definition) is 3. The van der Waals surface area contributed by atoms with Crippen LogP contribution in [0.3, 0.4) is 0 Å². The Labute approximate surface area is 334 Å². The van der Waals surface area contributed by atoms with Crippen LogP contribution in [0.2, 0.25) is 0 Å². The first kappa shape index (κ1) is 39.9. The van der Waals surface area contributed by atoms with Crippen molar-refractivity contribution in [2.45, 2.75) is 85.9 Å². The van der Waals surface area contributed by atoms with Gasteiger partial charge in [0.25, 0.3) is 0 Å². The summed E-state index contributed by atoms with van der Waals surface area (Å²) in [6, 6.07) is 14.6. The molecule has 4 heterocycles. The van der Waals surface area contributed by atoms with E-state index in [0.29, 0.717) is 40.4 Å². The maximum absolute atomic E-state index is 13.1. The molecule has 0 aliphatic carbocycles. The molecule has 3 N–H and O–H groups in total. The average Bonchev–Trinajstić information content (AvgIpc) is 3.94. The number of rotatable bonds is 16. The van der Waals surface area contributed by atoms with Crippen LogP contribution in [0.5, 0.6) is 0 Å². The molecule has 0 radical (unpaired) electrons. The molecule has 1 saturated heterocycles. The van der Waals surface area contributed by atoms with Gasteiger partial charge in [-0.15, -0.1) is 10.2 Å². The minimum absolute atomic E-state index is 0.0559. The second kappa shape index (κ2) is 18.3. The minimum Gasteiger partial charge on any atom is -0.416 e. The van der Waals surface area contributed by atoms with Gasteiger partial charge in [-0.05, 0) is 49.1 Å². The van der Waals surface area contributed by atoms with Gasteiger partial charge in [0.15, 0.2) is 25.4 Å². The van der Waals surface area contributed by atoms with Gasteiger partial charge in [0.2, 0.25) is 36.1 Å². The monoisotopic (exact) mass is 797 g/mol. The number of carbonyl (C=O) groups is 2. The van der Waals surface area contributed by atoms with Crippen molar-refractivity contribution in [2.24, 2.45) is 17.8 Å². The number of nitrogens with one attached hydrogen (secondary N) is 3. The van der Waals surface area contributed by atoms with Gasteiger partial charge in [0, 0.05) is 37.4 Å². The highest BCUT2D eigenvalue weighted by molar-refractivity contribution is 7.48. The van der Waals surface area contributed by atoms with Crippen molar-refractivity contribution in [1.82, 2.24) is 29.7 Å². The van der Waals surface area contributed by atoms with Crippen LogP contribution in [0, 0.1) is 24.3 Å². The van der Waals surface area contributed by atoms with Crippen molar-refractivity contribution in [1.29, 1.82) is 0 Å². The summed E-state index contributed by atoms with van der Waals surface area (Å²) < 4.78 is 35.5. The number of fused-ring (bicyclic) bond motifs is 1. The van der Waals surface area contributed by atoms with Gasteiger partial charge >= 0.3 is 0 Å². The summed E-state index contributed by atoms with van der Waals surface area (Å²) in [7, 11) is -1.42. The standard InChI is InChI=1S/C40H49N10O6P/c1-22(2)34(23(3)4)57(53-18-17-41-9)56-31-20-32(54-25(31)7)50-21-42-33-35(45-37(52)24(5)6)46-40(47-36(33)50)44-30-19-28(15-16-29(30)43-26(8)51)39-49-48-38(55-39)27-13-11-10-12-14-27/h10-16,19,21-25,31-32,34H,17-18,20H2,1-8H3,(H,43,51)(H2,44,45,46,47,52)/t25-,31?,32-,57?/m1/s1/i7D. The lowest BCUT2D eigenvalue weighted by atomic mass is 10.00. The average molecular weight is 798 g/mol. The summed E-state index contributed by atoms with van der Waals surface area (Å²) >= 11 is 0. The predicted molar refractivity (Wildman–Crippen MR) is 218 cm³/mol. The Kier molecular flexibility index (Phi) is 12.8. The number of anilines is 4. The molecule has 1 aliphatic rings. The third-order valence-electron chi connectivity index (χ3n) is 9.22. The molecular weight excluding hydrogens is 747 g/mol. The highest BCUT2D eigenvalue weighted by atomic mass is 31.2. The quantitative estimate of drug-likeness (QED) is 0.0492. The number of imidazole rings is 1. The van der Waals surface area contributed by atoms with Gasteiger partial charge in [-0.25, -0.2) is 11.6 Å². The van der Waals surface area contributed by atoms with Crippen LogP contribution in [-0.4, -0.2) is 72.5 Å². The number of benzene rings is 2. The zero-order valence-corrected chi connectivity index (χ0v) is 34.0. The van der Waals surface area contributed by atoms with Crippen molar-refractivity contribution < 1.29 is 29.2 Å². The molecule has 1 fully saturated rings. The fraction of sp³-hybridized carbons (Fsp3) is 0.450. The van der Waals surface area contributed by atoms with Gasteiger partial charge in [0.1, 0.15) is 12.8 Å². The van der Waals surface area contributed by atoms with Crippen molar-refractivity contribution in [3.8, 4) is 22.9 Å². The molecule has 0 spiro atoms. The van der Waals surface area contributed by atoms with Gasteiger partial charge in [-0.3, -0.25) is 14.2 Å². The van der Waals surface area contributed by atoms with Crippen LogP contribution in [0.1, 0.15) is 69.4 Å². The number of carbonyl (C=O) groups excluding carboxylic acids is 2. The highest BCUT2D eigenvalue weighted by Crippen LogP contribution is 2.53. The maximum atomic E-state index is 13.1. The van der Waals surface area contributed by atoms with Gasteiger partial charge in [0.05, 0.1) is 29.9 Å². The Balaban J connectivity index is 1.36. The van der Waals surface area contributed by atoms with Crippen LogP contribution < -0.4 is 16.0 Å².